The molecule has 1 nitrogen and oxygen atoms in total. The second-order valence-corrected chi connectivity index (χ2v) is 5.48. The number of benzene rings is 1. The smallest absolute Gasteiger partial charge is 0.159 e. The number of rotatable bonds is 3. The second-order valence-electron chi connectivity index (χ2n) is 5.48. The predicted molar refractivity (Wildman–Crippen MR) is 64.6 cm³/mol. The molecule has 1 aromatic carbocycles. The maximum atomic E-state index is 13.2. The average Bonchev–Trinajstić information content (AvgIpc) is 2.66. The van der Waals surface area contributed by atoms with Gasteiger partial charge in [0, 0.05) is 0 Å². The monoisotopic (exact) mass is 239 g/mol. The van der Waals surface area contributed by atoms with Crippen LogP contribution in [0.3, 0.4) is 0 Å². The topological polar surface area (TPSA) is 26.0 Å². The minimum Gasteiger partial charge on any atom is -0.330 e. The van der Waals surface area contributed by atoms with E-state index in [1.54, 1.807) is 6.07 Å². The first-order valence-corrected chi connectivity index (χ1v) is 6.19. The number of hydrogen-bond donors (Lipinski definition) is 1. The number of nitrogens with two attached hydrogens (primary N) is 1. The Morgan fingerprint density at radius 2 is 2.12 bits per heavy atom. The highest BCUT2D eigenvalue weighted by molar-refractivity contribution is 5.20. The summed E-state index contributed by atoms with van der Waals surface area (Å²) in [6, 6.07) is 4.17. The molecule has 0 saturated heterocycles. The fourth-order valence-corrected chi connectivity index (χ4v) is 3.00. The fraction of sp³-hybridized carbons (Fsp3) is 0.571. The Hall–Kier alpha value is -0.960. The summed E-state index contributed by atoms with van der Waals surface area (Å²) in [6.07, 6.45) is 4.11. The molecule has 0 amide bonds. The van der Waals surface area contributed by atoms with Gasteiger partial charge in [0.15, 0.2) is 11.6 Å². The molecular formula is C14H19F2N. The number of hydrogen-bond acceptors (Lipinski definition) is 1. The van der Waals surface area contributed by atoms with E-state index in [4.69, 9.17) is 5.73 Å². The van der Waals surface area contributed by atoms with Gasteiger partial charge >= 0.3 is 0 Å². The van der Waals surface area contributed by atoms with Crippen LogP contribution in [-0.2, 0) is 6.42 Å². The molecule has 0 bridgehead atoms. The first kappa shape index (κ1) is 12.5. The molecule has 94 valence electrons. The SMILES string of the molecule is CC1CCC(CN)(Cc2ccc(F)c(F)c2)C1. The van der Waals surface area contributed by atoms with Crippen molar-refractivity contribution in [1.29, 1.82) is 0 Å². The molecule has 1 saturated carbocycles. The molecule has 0 aliphatic heterocycles. The quantitative estimate of drug-likeness (QED) is 0.860. The molecule has 0 radical (unpaired) electrons. The van der Waals surface area contributed by atoms with Crippen LogP contribution >= 0.6 is 0 Å². The fourth-order valence-electron chi connectivity index (χ4n) is 3.00. The second kappa shape index (κ2) is 4.73. The van der Waals surface area contributed by atoms with Crippen molar-refractivity contribution in [3.63, 3.8) is 0 Å². The van der Waals surface area contributed by atoms with Crippen LogP contribution in [0.1, 0.15) is 31.7 Å². The van der Waals surface area contributed by atoms with Crippen LogP contribution in [0.5, 0.6) is 0 Å². The van der Waals surface area contributed by atoms with Gasteiger partial charge in [0.05, 0.1) is 0 Å². The molecular weight excluding hydrogens is 220 g/mol. The lowest BCUT2D eigenvalue weighted by Gasteiger charge is -2.27. The zero-order valence-electron chi connectivity index (χ0n) is 10.2. The summed E-state index contributed by atoms with van der Waals surface area (Å²) in [6.45, 7) is 2.85. The van der Waals surface area contributed by atoms with Crippen molar-refractivity contribution in [2.75, 3.05) is 6.54 Å². The van der Waals surface area contributed by atoms with Gasteiger partial charge in [-0.25, -0.2) is 8.78 Å². The minimum atomic E-state index is -0.782. The average molecular weight is 239 g/mol. The van der Waals surface area contributed by atoms with Gasteiger partial charge in [0.2, 0.25) is 0 Å². The van der Waals surface area contributed by atoms with Gasteiger partial charge in [0.1, 0.15) is 0 Å². The Balaban J connectivity index is 2.16. The van der Waals surface area contributed by atoms with Crippen molar-refractivity contribution in [3.8, 4) is 0 Å². The van der Waals surface area contributed by atoms with Crippen molar-refractivity contribution >= 4 is 0 Å². The maximum Gasteiger partial charge on any atom is 0.159 e. The van der Waals surface area contributed by atoms with Crippen molar-refractivity contribution in [3.05, 3.63) is 35.4 Å². The Morgan fingerprint density at radius 3 is 2.65 bits per heavy atom. The Bertz CT molecular complexity index is 405. The van der Waals surface area contributed by atoms with E-state index < -0.39 is 11.6 Å². The van der Waals surface area contributed by atoms with E-state index in [2.05, 4.69) is 6.92 Å². The normalized spacial score (nSPS) is 28.6. The van der Waals surface area contributed by atoms with Crippen molar-refractivity contribution in [1.82, 2.24) is 0 Å². The summed E-state index contributed by atoms with van der Waals surface area (Å²) >= 11 is 0. The molecule has 0 spiro atoms. The predicted octanol–water partition coefficient (Wildman–Crippen LogP) is 3.27. The summed E-state index contributed by atoms with van der Waals surface area (Å²) in [5.41, 5.74) is 6.82. The lowest BCUT2D eigenvalue weighted by molar-refractivity contribution is 0.295. The minimum absolute atomic E-state index is 0.0870. The standard InChI is InChI=1S/C14H19F2N/c1-10-4-5-14(7-10,9-17)8-11-2-3-12(15)13(16)6-11/h2-3,6,10H,4-5,7-9,17H2,1H3. The Kier molecular flexibility index (Phi) is 3.48. The molecule has 17 heavy (non-hydrogen) atoms. The molecule has 0 aromatic heterocycles. The molecule has 0 heterocycles. The summed E-state index contributed by atoms with van der Waals surface area (Å²) in [5.74, 6) is -0.861. The Morgan fingerprint density at radius 1 is 1.35 bits per heavy atom. The molecule has 1 aromatic rings. The molecule has 1 aliphatic rings. The van der Waals surface area contributed by atoms with Gasteiger partial charge in [-0.3, -0.25) is 0 Å². The summed E-state index contributed by atoms with van der Waals surface area (Å²) < 4.78 is 26.0. The Labute approximate surface area is 101 Å². The largest absolute Gasteiger partial charge is 0.330 e. The highest BCUT2D eigenvalue weighted by Gasteiger charge is 2.36. The van der Waals surface area contributed by atoms with Crippen LogP contribution < -0.4 is 5.73 Å². The summed E-state index contributed by atoms with van der Waals surface area (Å²) in [5, 5.41) is 0. The lowest BCUT2D eigenvalue weighted by atomic mass is 9.79. The number of halogens is 2. The summed E-state index contributed by atoms with van der Waals surface area (Å²) in [7, 11) is 0. The van der Waals surface area contributed by atoms with Crippen LogP contribution in [0, 0.1) is 23.0 Å². The van der Waals surface area contributed by atoms with E-state index in [1.807, 2.05) is 0 Å². The van der Waals surface area contributed by atoms with E-state index in [0.29, 0.717) is 12.5 Å². The van der Waals surface area contributed by atoms with Gasteiger partial charge in [-0.1, -0.05) is 19.4 Å². The highest BCUT2D eigenvalue weighted by atomic mass is 19.2. The first-order chi connectivity index (χ1) is 8.04. The van der Waals surface area contributed by atoms with Gasteiger partial charge in [0.25, 0.3) is 0 Å². The van der Waals surface area contributed by atoms with E-state index >= 15 is 0 Å². The summed E-state index contributed by atoms with van der Waals surface area (Å²) in [4.78, 5) is 0. The van der Waals surface area contributed by atoms with Crippen LogP contribution in [0.15, 0.2) is 18.2 Å². The third-order valence-corrected chi connectivity index (χ3v) is 3.95. The van der Waals surface area contributed by atoms with E-state index in [9.17, 15) is 8.78 Å². The van der Waals surface area contributed by atoms with Crippen LogP contribution in [0.25, 0.3) is 0 Å². The van der Waals surface area contributed by atoms with E-state index in [0.717, 1.165) is 24.8 Å². The lowest BCUT2D eigenvalue weighted by Crippen LogP contribution is -2.30. The molecule has 3 heteroatoms. The van der Waals surface area contributed by atoms with Crippen LogP contribution in [-0.4, -0.2) is 6.54 Å². The van der Waals surface area contributed by atoms with Gasteiger partial charge in [-0.05, 0) is 54.8 Å². The third kappa shape index (κ3) is 2.65. The van der Waals surface area contributed by atoms with E-state index in [-0.39, 0.29) is 5.41 Å². The van der Waals surface area contributed by atoms with Crippen molar-refractivity contribution < 1.29 is 8.78 Å². The van der Waals surface area contributed by atoms with Crippen LogP contribution in [0.2, 0.25) is 0 Å². The molecule has 2 unspecified atom stereocenters. The molecule has 2 atom stereocenters. The first-order valence-electron chi connectivity index (χ1n) is 6.19. The zero-order valence-corrected chi connectivity index (χ0v) is 10.2. The molecule has 1 fully saturated rings. The molecule has 2 N–H and O–H groups in total. The van der Waals surface area contributed by atoms with Gasteiger partial charge in [-0.2, -0.15) is 0 Å². The molecule has 1 aliphatic carbocycles. The van der Waals surface area contributed by atoms with Gasteiger partial charge < -0.3 is 5.73 Å². The zero-order chi connectivity index (χ0) is 12.5. The van der Waals surface area contributed by atoms with Crippen molar-refractivity contribution in [2.45, 2.75) is 32.6 Å². The maximum absolute atomic E-state index is 13.2. The van der Waals surface area contributed by atoms with Crippen LogP contribution in [0.4, 0.5) is 8.78 Å². The van der Waals surface area contributed by atoms with Crippen molar-refractivity contribution in [2.24, 2.45) is 17.1 Å². The highest BCUT2D eigenvalue weighted by Crippen LogP contribution is 2.43. The van der Waals surface area contributed by atoms with E-state index in [1.165, 1.54) is 18.6 Å². The molecule has 2 rings (SSSR count). The third-order valence-electron chi connectivity index (χ3n) is 3.95. The van der Waals surface area contributed by atoms with Gasteiger partial charge in [-0.15, -0.1) is 0 Å².